The average Bonchev–Trinajstić information content (AvgIpc) is 3.11. The zero-order chi connectivity index (χ0) is 23.6. The molecule has 1 aliphatic rings. The molecule has 5 heteroatoms. The molecule has 0 bridgehead atoms. The van der Waals surface area contributed by atoms with Crippen LogP contribution in [0.5, 0.6) is 5.75 Å². The van der Waals surface area contributed by atoms with Gasteiger partial charge in [0.05, 0.1) is 0 Å². The first-order valence-corrected chi connectivity index (χ1v) is 11.2. The van der Waals surface area contributed by atoms with Crippen molar-refractivity contribution in [2.45, 2.75) is 45.1 Å². The van der Waals surface area contributed by atoms with E-state index in [1.165, 1.54) is 0 Å². The predicted octanol–water partition coefficient (Wildman–Crippen LogP) is 5.82. The lowest BCUT2D eigenvalue weighted by Crippen LogP contribution is -2.41. The molecular formula is C28H29NO4. The van der Waals surface area contributed by atoms with Gasteiger partial charge in [0, 0.05) is 5.92 Å². The molecule has 0 aliphatic heterocycles. The monoisotopic (exact) mass is 443 g/mol. The molecule has 3 aromatic carbocycles. The molecule has 33 heavy (non-hydrogen) atoms. The minimum absolute atomic E-state index is 0.0154. The molecule has 0 aromatic heterocycles. The summed E-state index contributed by atoms with van der Waals surface area (Å²) in [5.41, 5.74) is 5.76. The van der Waals surface area contributed by atoms with Gasteiger partial charge >= 0.3 is 12.1 Å². The van der Waals surface area contributed by atoms with Crippen LogP contribution in [-0.4, -0.2) is 24.7 Å². The van der Waals surface area contributed by atoms with Crippen LogP contribution in [0.2, 0.25) is 0 Å². The van der Waals surface area contributed by atoms with E-state index in [0.29, 0.717) is 5.75 Å². The Morgan fingerprint density at radius 2 is 1.42 bits per heavy atom. The number of nitrogens with one attached hydrogen (secondary N) is 1. The van der Waals surface area contributed by atoms with Gasteiger partial charge in [-0.1, -0.05) is 81.4 Å². The second kappa shape index (κ2) is 9.10. The van der Waals surface area contributed by atoms with Gasteiger partial charge in [-0.2, -0.15) is 0 Å². The van der Waals surface area contributed by atoms with Crippen LogP contribution in [0, 0.1) is 0 Å². The zero-order valence-electron chi connectivity index (χ0n) is 19.4. The Morgan fingerprint density at radius 3 is 1.97 bits per heavy atom. The molecule has 0 saturated heterocycles. The molecule has 3 aromatic rings. The van der Waals surface area contributed by atoms with Crippen molar-refractivity contribution in [1.82, 2.24) is 5.32 Å². The van der Waals surface area contributed by atoms with E-state index in [1.54, 1.807) is 19.1 Å². The Morgan fingerprint density at radius 1 is 0.879 bits per heavy atom. The first kappa shape index (κ1) is 22.6. The van der Waals surface area contributed by atoms with Crippen LogP contribution < -0.4 is 10.1 Å². The molecule has 1 amide bonds. The summed E-state index contributed by atoms with van der Waals surface area (Å²) in [4.78, 5) is 24.8. The third kappa shape index (κ3) is 4.92. The van der Waals surface area contributed by atoms with Crippen molar-refractivity contribution in [3.63, 3.8) is 0 Å². The van der Waals surface area contributed by atoms with Gasteiger partial charge < -0.3 is 14.8 Å². The highest BCUT2D eigenvalue weighted by Crippen LogP contribution is 2.44. The lowest BCUT2D eigenvalue weighted by Gasteiger charge is -2.19. The van der Waals surface area contributed by atoms with Crippen LogP contribution in [0.4, 0.5) is 4.79 Å². The maximum absolute atomic E-state index is 12.4. The van der Waals surface area contributed by atoms with Crippen molar-refractivity contribution in [2.75, 3.05) is 6.61 Å². The number of amides is 1. The van der Waals surface area contributed by atoms with E-state index in [-0.39, 0.29) is 17.9 Å². The molecule has 1 N–H and O–H groups in total. The average molecular weight is 444 g/mol. The van der Waals surface area contributed by atoms with Crippen LogP contribution >= 0.6 is 0 Å². The maximum atomic E-state index is 12.4. The number of carbonyl (C=O) groups excluding carboxylic acids is 2. The Balaban J connectivity index is 1.33. The molecule has 0 saturated carbocycles. The fourth-order valence-corrected chi connectivity index (χ4v) is 4.10. The summed E-state index contributed by atoms with van der Waals surface area (Å²) in [5, 5.41) is 2.57. The summed E-state index contributed by atoms with van der Waals surface area (Å²) in [6, 6.07) is 22.8. The van der Waals surface area contributed by atoms with E-state index in [4.69, 9.17) is 9.47 Å². The Kier molecular flexibility index (Phi) is 6.23. The number of alkyl carbamates (subject to hydrolysis) is 1. The highest BCUT2D eigenvalue weighted by molar-refractivity contribution is 5.83. The summed E-state index contributed by atoms with van der Waals surface area (Å²) >= 11 is 0. The van der Waals surface area contributed by atoms with Gasteiger partial charge in [0.25, 0.3) is 0 Å². The third-order valence-corrected chi connectivity index (χ3v) is 5.97. The minimum atomic E-state index is -0.844. The first-order valence-electron chi connectivity index (χ1n) is 11.2. The molecule has 1 aliphatic carbocycles. The van der Waals surface area contributed by atoms with Gasteiger partial charge in [-0.25, -0.2) is 9.59 Å². The van der Waals surface area contributed by atoms with Crippen molar-refractivity contribution in [2.24, 2.45) is 0 Å². The Labute approximate surface area is 194 Å². The number of benzene rings is 3. The second-order valence-corrected chi connectivity index (χ2v) is 9.39. The van der Waals surface area contributed by atoms with Crippen molar-refractivity contribution in [3.8, 4) is 16.9 Å². The van der Waals surface area contributed by atoms with E-state index >= 15 is 0 Å². The SMILES string of the molecule is C[C@H](NC(=O)OCC1c2ccccc2-c2ccccc21)C(=O)Oc1ccc(C(C)(C)C)cc1. The lowest BCUT2D eigenvalue weighted by molar-refractivity contribution is -0.136. The molecule has 4 rings (SSSR count). The molecule has 0 spiro atoms. The van der Waals surface area contributed by atoms with Gasteiger partial charge in [-0.3, -0.25) is 0 Å². The number of rotatable bonds is 5. The molecule has 0 unspecified atom stereocenters. The highest BCUT2D eigenvalue weighted by atomic mass is 16.6. The van der Waals surface area contributed by atoms with Gasteiger partial charge in [0.2, 0.25) is 0 Å². The highest BCUT2D eigenvalue weighted by Gasteiger charge is 2.29. The molecule has 0 fully saturated rings. The van der Waals surface area contributed by atoms with Crippen LogP contribution in [0.15, 0.2) is 72.8 Å². The topological polar surface area (TPSA) is 64.6 Å². The normalized spacial score (nSPS) is 13.6. The summed E-state index contributed by atoms with van der Waals surface area (Å²) in [7, 11) is 0. The van der Waals surface area contributed by atoms with E-state index in [2.05, 4.69) is 50.4 Å². The Bertz CT molecular complexity index is 1120. The van der Waals surface area contributed by atoms with Crippen LogP contribution in [0.25, 0.3) is 11.1 Å². The molecule has 0 radical (unpaired) electrons. The number of hydrogen-bond acceptors (Lipinski definition) is 4. The fraction of sp³-hybridized carbons (Fsp3) is 0.286. The van der Waals surface area contributed by atoms with Gasteiger partial charge in [0.15, 0.2) is 0 Å². The first-order chi connectivity index (χ1) is 15.7. The van der Waals surface area contributed by atoms with Gasteiger partial charge in [-0.15, -0.1) is 0 Å². The second-order valence-electron chi connectivity index (χ2n) is 9.39. The van der Waals surface area contributed by atoms with Gasteiger partial charge in [-0.05, 0) is 52.3 Å². The van der Waals surface area contributed by atoms with E-state index in [1.807, 2.05) is 36.4 Å². The minimum Gasteiger partial charge on any atom is -0.449 e. The predicted molar refractivity (Wildman–Crippen MR) is 128 cm³/mol. The van der Waals surface area contributed by atoms with E-state index in [0.717, 1.165) is 27.8 Å². The molecule has 5 nitrogen and oxygen atoms in total. The largest absolute Gasteiger partial charge is 0.449 e. The smallest absolute Gasteiger partial charge is 0.407 e. The van der Waals surface area contributed by atoms with E-state index < -0.39 is 18.1 Å². The Hall–Kier alpha value is -3.60. The number of ether oxygens (including phenoxy) is 2. The quantitative estimate of drug-likeness (QED) is 0.399. The summed E-state index contributed by atoms with van der Waals surface area (Å²) in [6.45, 7) is 8.13. The lowest BCUT2D eigenvalue weighted by atomic mass is 9.87. The molecular weight excluding hydrogens is 414 g/mol. The number of esters is 1. The van der Waals surface area contributed by atoms with Crippen molar-refractivity contribution in [1.29, 1.82) is 0 Å². The summed E-state index contributed by atoms with van der Waals surface area (Å²) in [5.74, 6) is -0.145. The fourth-order valence-electron chi connectivity index (χ4n) is 4.10. The number of fused-ring (bicyclic) bond motifs is 3. The molecule has 170 valence electrons. The van der Waals surface area contributed by atoms with E-state index in [9.17, 15) is 9.59 Å². The zero-order valence-corrected chi connectivity index (χ0v) is 19.4. The summed E-state index contributed by atoms with van der Waals surface area (Å²) < 4.78 is 10.9. The van der Waals surface area contributed by atoms with Crippen LogP contribution in [-0.2, 0) is 14.9 Å². The van der Waals surface area contributed by atoms with Crippen molar-refractivity contribution >= 4 is 12.1 Å². The van der Waals surface area contributed by atoms with Crippen molar-refractivity contribution < 1.29 is 19.1 Å². The third-order valence-electron chi connectivity index (χ3n) is 5.97. The molecule has 1 atom stereocenters. The summed E-state index contributed by atoms with van der Waals surface area (Å²) in [6.07, 6.45) is -0.649. The van der Waals surface area contributed by atoms with Crippen LogP contribution in [0.3, 0.4) is 0 Å². The van der Waals surface area contributed by atoms with Gasteiger partial charge in [0.1, 0.15) is 18.4 Å². The standard InChI is InChI=1S/C28H29NO4/c1-18(26(30)33-20-15-13-19(14-16-20)28(2,3)4)29-27(31)32-17-25-23-11-7-5-9-21(23)22-10-6-8-12-24(22)25/h5-16,18,25H,17H2,1-4H3,(H,29,31)/t18-/m0/s1. The number of carbonyl (C=O) groups is 2. The van der Waals surface area contributed by atoms with Crippen LogP contribution in [0.1, 0.15) is 50.3 Å². The van der Waals surface area contributed by atoms with Crippen molar-refractivity contribution in [3.05, 3.63) is 89.5 Å². The number of hydrogen-bond donors (Lipinski definition) is 1. The maximum Gasteiger partial charge on any atom is 0.407 e. The molecule has 0 heterocycles.